The molecule has 74 valence electrons. The zero-order valence-corrected chi connectivity index (χ0v) is 8.30. The molecule has 0 heterocycles. The van der Waals surface area contributed by atoms with E-state index in [9.17, 15) is 4.57 Å². The van der Waals surface area contributed by atoms with Gasteiger partial charge in [0.15, 0.2) is 6.26 Å². The Kier molecular flexibility index (Phi) is 4.26. The first kappa shape index (κ1) is 10.9. The Bertz CT molecular complexity index is 326. The Labute approximate surface area is 83.0 Å². The fourth-order valence-electron chi connectivity index (χ4n) is 0.958. The van der Waals surface area contributed by atoms with Crippen molar-refractivity contribution in [3.63, 3.8) is 0 Å². The highest BCUT2D eigenvalue weighted by Crippen LogP contribution is 2.16. The molecule has 0 aromatic heterocycles. The van der Waals surface area contributed by atoms with Crippen molar-refractivity contribution >= 4 is 8.25 Å². The summed E-state index contributed by atoms with van der Waals surface area (Å²) in [5.74, 6) is 0. The average Bonchev–Trinajstić information content (AvgIpc) is 2.18. The van der Waals surface area contributed by atoms with Crippen LogP contribution in [0.5, 0.6) is 0 Å². The van der Waals surface area contributed by atoms with Gasteiger partial charge in [-0.05, 0) is 11.6 Å². The highest BCUT2D eigenvalue weighted by Gasteiger charge is 2.08. The van der Waals surface area contributed by atoms with Crippen molar-refractivity contribution < 1.29 is 14.0 Å². The van der Waals surface area contributed by atoms with Gasteiger partial charge in [-0.3, -0.25) is 0 Å². The molecule has 0 aliphatic heterocycles. The topological polar surface area (TPSA) is 72.5 Å². The lowest BCUT2D eigenvalue weighted by atomic mass is 10.1. The van der Waals surface area contributed by atoms with Gasteiger partial charge >= 0.3 is 8.25 Å². The lowest BCUT2D eigenvalue weighted by Crippen LogP contribution is -2.06. The van der Waals surface area contributed by atoms with Crippen molar-refractivity contribution in [1.82, 2.24) is 0 Å². The summed E-state index contributed by atoms with van der Waals surface area (Å²) in [5, 5.41) is 0. The van der Waals surface area contributed by atoms with Crippen molar-refractivity contribution in [2.24, 2.45) is 5.73 Å². The molecule has 1 aromatic rings. The Morgan fingerprint density at radius 2 is 2.07 bits per heavy atom. The molecule has 1 rings (SSSR count). The predicted molar refractivity (Wildman–Crippen MR) is 53.4 cm³/mol. The first-order valence-corrected chi connectivity index (χ1v) is 5.13. The van der Waals surface area contributed by atoms with Crippen LogP contribution in [0.4, 0.5) is 0 Å². The summed E-state index contributed by atoms with van der Waals surface area (Å²) < 4.78 is 14.5. The molecule has 0 fully saturated rings. The molecule has 0 saturated heterocycles. The molecule has 0 spiro atoms. The summed E-state index contributed by atoms with van der Waals surface area (Å²) in [6.07, 6.45) is 2.65. The van der Waals surface area contributed by atoms with E-state index in [-0.39, 0.29) is 6.04 Å². The second-order valence-electron chi connectivity index (χ2n) is 2.61. The van der Waals surface area contributed by atoms with Gasteiger partial charge < -0.3 is 5.73 Å². The summed E-state index contributed by atoms with van der Waals surface area (Å²) in [7, 11) is -2.59. The summed E-state index contributed by atoms with van der Waals surface area (Å²) in [5.41, 5.74) is 6.66. The van der Waals surface area contributed by atoms with Crippen LogP contribution in [0.25, 0.3) is 0 Å². The lowest BCUT2D eigenvalue weighted by Gasteiger charge is -2.04. The Balaban J connectivity index is 2.54. The van der Waals surface area contributed by atoms with Gasteiger partial charge in [-0.25, -0.2) is 4.52 Å². The van der Waals surface area contributed by atoms with Crippen LogP contribution in [-0.4, -0.2) is 4.89 Å². The monoisotopic (exact) mass is 212 g/mol. The van der Waals surface area contributed by atoms with Crippen molar-refractivity contribution in [1.29, 1.82) is 0 Å². The largest absolute Gasteiger partial charge is 0.746 e. The molecule has 0 radical (unpaired) electrons. The van der Waals surface area contributed by atoms with Crippen LogP contribution < -0.4 is 5.73 Å². The van der Waals surface area contributed by atoms with Gasteiger partial charge in [-0.15, -0.1) is 4.89 Å². The number of rotatable bonds is 4. The molecule has 2 atom stereocenters. The predicted octanol–water partition coefficient (Wildman–Crippen LogP) is 1.87. The highest BCUT2D eigenvalue weighted by molar-refractivity contribution is 7.32. The minimum atomic E-state index is -2.59. The molecule has 2 unspecified atom stereocenters. The number of hydrogen-bond acceptors (Lipinski definition) is 3. The zero-order chi connectivity index (χ0) is 10.4. The quantitative estimate of drug-likeness (QED) is 0.590. The smallest absolute Gasteiger partial charge is 0.321 e. The van der Waals surface area contributed by atoms with Crippen molar-refractivity contribution in [3.05, 3.63) is 48.2 Å². The average molecular weight is 212 g/mol. The van der Waals surface area contributed by atoms with Gasteiger partial charge in [0.1, 0.15) is 0 Å². The number of hydrogen-bond donors (Lipinski definition) is 2. The maximum absolute atomic E-state index is 10.2. The van der Waals surface area contributed by atoms with Gasteiger partial charge in [-0.2, -0.15) is 0 Å². The maximum atomic E-state index is 10.2. The molecule has 3 N–H and O–H groups in total. The first-order chi connectivity index (χ1) is 6.70. The summed E-state index contributed by atoms with van der Waals surface area (Å²) in [6, 6.07) is 9.04. The van der Waals surface area contributed by atoms with Crippen molar-refractivity contribution in [2.45, 2.75) is 6.04 Å². The molecule has 4 nitrogen and oxygen atoms in total. The Hall–Kier alpha value is -1.22. The highest BCUT2D eigenvalue weighted by atomic mass is 31.1. The van der Waals surface area contributed by atoms with E-state index < -0.39 is 8.25 Å². The summed E-state index contributed by atoms with van der Waals surface area (Å²) in [6.45, 7) is 0. The van der Waals surface area contributed by atoms with Crippen molar-refractivity contribution in [3.8, 4) is 0 Å². The zero-order valence-electron chi connectivity index (χ0n) is 7.41. The fourth-order valence-corrected chi connectivity index (χ4v) is 1.13. The van der Waals surface area contributed by atoms with Crippen LogP contribution in [0, 0.1) is 0 Å². The normalized spacial score (nSPS) is 14.0. The summed E-state index contributed by atoms with van der Waals surface area (Å²) in [4.78, 5) is 8.33. The van der Waals surface area contributed by atoms with E-state index in [0.717, 1.165) is 11.8 Å². The minimum Gasteiger partial charge on any atom is -0.321 e. The van der Waals surface area contributed by atoms with E-state index >= 15 is 0 Å². The molecular formula is C9H11NO3P+. The second-order valence-corrected chi connectivity index (χ2v) is 3.29. The fraction of sp³-hybridized carbons (Fsp3) is 0.111. The summed E-state index contributed by atoms with van der Waals surface area (Å²) >= 11 is 0. The molecular weight excluding hydrogens is 201 g/mol. The van der Waals surface area contributed by atoms with Gasteiger partial charge in [0.25, 0.3) is 0 Å². The molecule has 1 aromatic carbocycles. The lowest BCUT2D eigenvalue weighted by molar-refractivity contribution is 0.376. The van der Waals surface area contributed by atoms with E-state index in [1.165, 1.54) is 6.08 Å². The third kappa shape index (κ3) is 3.66. The molecule has 5 heteroatoms. The van der Waals surface area contributed by atoms with Crippen LogP contribution in [-0.2, 0) is 9.09 Å². The standard InChI is InChI=1S/C9H10NO3P/c10-9(6-7-13-14(11)12)8-4-2-1-3-5-8/h1-7,9H,10H2/p+1/b7-6+. The SMILES string of the molecule is NC(/C=C/O[P+](=O)O)c1ccccc1. The van der Waals surface area contributed by atoms with Crippen molar-refractivity contribution in [2.75, 3.05) is 0 Å². The molecule has 0 amide bonds. The molecule has 14 heavy (non-hydrogen) atoms. The van der Waals surface area contributed by atoms with Gasteiger partial charge in [0, 0.05) is 4.57 Å². The third-order valence-electron chi connectivity index (χ3n) is 1.62. The second kappa shape index (κ2) is 5.50. The Morgan fingerprint density at radius 1 is 1.43 bits per heavy atom. The van der Waals surface area contributed by atoms with E-state index in [4.69, 9.17) is 10.6 Å². The number of nitrogens with two attached hydrogens (primary N) is 1. The molecule has 0 bridgehead atoms. The Morgan fingerprint density at radius 3 is 2.64 bits per heavy atom. The molecule has 0 saturated carbocycles. The van der Waals surface area contributed by atoms with E-state index in [1.54, 1.807) is 0 Å². The first-order valence-electron chi connectivity index (χ1n) is 4.00. The third-order valence-corrected chi connectivity index (χ3v) is 1.92. The van der Waals surface area contributed by atoms with E-state index in [1.807, 2.05) is 30.3 Å². The van der Waals surface area contributed by atoms with Crippen LogP contribution >= 0.6 is 8.25 Å². The minimum absolute atomic E-state index is 0.328. The van der Waals surface area contributed by atoms with Crippen LogP contribution in [0.2, 0.25) is 0 Å². The number of benzene rings is 1. The van der Waals surface area contributed by atoms with Crippen LogP contribution in [0.1, 0.15) is 11.6 Å². The van der Waals surface area contributed by atoms with Gasteiger partial charge in [-0.1, -0.05) is 30.3 Å². The van der Waals surface area contributed by atoms with Gasteiger partial charge in [0.05, 0.1) is 6.04 Å². The van der Waals surface area contributed by atoms with E-state index in [2.05, 4.69) is 4.52 Å². The maximum Gasteiger partial charge on any atom is 0.746 e. The van der Waals surface area contributed by atoms with Gasteiger partial charge in [0.2, 0.25) is 0 Å². The molecule has 0 aliphatic carbocycles. The molecule has 0 aliphatic rings. The van der Waals surface area contributed by atoms with E-state index in [0.29, 0.717) is 0 Å². The van der Waals surface area contributed by atoms with Crippen LogP contribution in [0.3, 0.4) is 0 Å². The van der Waals surface area contributed by atoms with Crippen LogP contribution in [0.15, 0.2) is 42.7 Å².